The van der Waals surface area contributed by atoms with E-state index in [1.807, 2.05) is 0 Å². The highest BCUT2D eigenvalue weighted by Gasteiger charge is 2.47. The van der Waals surface area contributed by atoms with Gasteiger partial charge in [-0.2, -0.15) is 13.2 Å². The normalized spacial score (nSPS) is 25.4. The van der Waals surface area contributed by atoms with Gasteiger partial charge in [0.1, 0.15) is 17.3 Å². The lowest BCUT2D eigenvalue weighted by molar-refractivity contribution is -0.0913. The number of allylic oxidation sites excluding steroid dienone is 3. The summed E-state index contributed by atoms with van der Waals surface area (Å²) in [6, 6.07) is 4.77. The van der Waals surface area contributed by atoms with Gasteiger partial charge in [0, 0.05) is 19.2 Å². The zero-order valence-corrected chi connectivity index (χ0v) is 21.5. The highest BCUT2D eigenvalue weighted by molar-refractivity contribution is 7.15. The molecule has 1 fully saturated rings. The number of benzene rings is 1. The van der Waals surface area contributed by atoms with Crippen LogP contribution in [0, 0.1) is 18.7 Å². The molecule has 0 radical (unpaired) electrons. The van der Waals surface area contributed by atoms with Crippen molar-refractivity contribution in [3.05, 3.63) is 64.3 Å². The molecule has 2 aromatic rings. The Bertz CT molecular complexity index is 1270. The Morgan fingerprint density at radius 2 is 1.87 bits per heavy atom. The maximum absolute atomic E-state index is 14.7. The SMILES string of the molecule is Cc1nc(C(=O)N2CC(F)(F)C[C@@H](C)C2CNC2=C/CC/C=C(C(F)(F)F)/C=N\2)c(-c2ccc(F)cc2)s1. The minimum atomic E-state index is -4.54. The van der Waals surface area contributed by atoms with Gasteiger partial charge in [-0.1, -0.05) is 25.1 Å². The highest BCUT2D eigenvalue weighted by Crippen LogP contribution is 2.37. The molecule has 0 spiro atoms. The van der Waals surface area contributed by atoms with Crippen LogP contribution >= 0.6 is 11.3 Å². The molecular formula is C26H26F6N4OS. The summed E-state index contributed by atoms with van der Waals surface area (Å²) in [5.74, 6) is -4.73. The average molecular weight is 557 g/mol. The average Bonchev–Trinajstić information content (AvgIpc) is 3.19. The Labute approximate surface area is 220 Å². The molecular weight excluding hydrogens is 530 g/mol. The van der Waals surface area contributed by atoms with Crippen LogP contribution in [0.15, 0.2) is 52.8 Å². The fourth-order valence-corrected chi connectivity index (χ4v) is 5.52. The minimum absolute atomic E-state index is 0.00263. The smallest absolute Gasteiger partial charge is 0.368 e. The second-order valence-corrected chi connectivity index (χ2v) is 10.6. The quantitative estimate of drug-likeness (QED) is 0.426. The number of carbonyl (C=O) groups excluding carboxylic acids is 1. The van der Waals surface area contributed by atoms with Crippen molar-refractivity contribution in [3.8, 4) is 10.4 Å². The molecule has 0 saturated carbocycles. The van der Waals surface area contributed by atoms with E-state index in [9.17, 15) is 31.1 Å². The Morgan fingerprint density at radius 3 is 2.55 bits per heavy atom. The third kappa shape index (κ3) is 6.46. The lowest BCUT2D eigenvalue weighted by Crippen LogP contribution is -2.58. The molecule has 0 aliphatic carbocycles. The number of aromatic nitrogens is 1. The van der Waals surface area contributed by atoms with Crippen LogP contribution in [0.3, 0.4) is 0 Å². The number of alkyl halides is 5. The first-order valence-corrected chi connectivity index (χ1v) is 12.8. The van der Waals surface area contributed by atoms with Crippen LogP contribution < -0.4 is 5.32 Å². The van der Waals surface area contributed by atoms with Gasteiger partial charge in [-0.15, -0.1) is 11.3 Å². The number of nitrogens with zero attached hydrogens (tertiary/aromatic N) is 3. The Hall–Kier alpha value is -3.15. The molecule has 1 amide bonds. The van der Waals surface area contributed by atoms with Gasteiger partial charge in [0.05, 0.1) is 28.0 Å². The molecule has 1 unspecified atom stereocenters. The van der Waals surface area contributed by atoms with Gasteiger partial charge < -0.3 is 10.2 Å². The molecule has 1 saturated heterocycles. The van der Waals surface area contributed by atoms with Crippen LogP contribution in [0.25, 0.3) is 10.4 Å². The highest BCUT2D eigenvalue weighted by atomic mass is 32.1. The summed E-state index contributed by atoms with van der Waals surface area (Å²) in [5, 5.41) is 3.50. The third-order valence-corrected chi connectivity index (χ3v) is 7.43. The molecule has 1 aromatic carbocycles. The van der Waals surface area contributed by atoms with E-state index in [1.165, 1.54) is 35.6 Å². The number of piperidine rings is 1. The van der Waals surface area contributed by atoms with E-state index < -0.39 is 54.3 Å². The molecule has 38 heavy (non-hydrogen) atoms. The number of aryl methyl sites for hydroxylation is 1. The van der Waals surface area contributed by atoms with E-state index in [-0.39, 0.29) is 24.5 Å². The van der Waals surface area contributed by atoms with Gasteiger partial charge in [0.25, 0.3) is 11.8 Å². The summed E-state index contributed by atoms with van der Waals surface area (Å²) in [6.07, 6.45) is -1.09. The minimum Gasteiger partial charge on any atom is -0.368 e. The Balaban J connectivity index is 1.59. The molecule has 2 atom stereocenters. The molecule has 2 aliphatic rings. The number of halogens is 6. The summed E-state index contributed by atoms with van der Waals surface area (Å²) in [4.78, 5) is 23.4. The van der Waals surface area contributed by atoms with Crippen LogP contribution in [0.5, 0.6) is 0 Å². The predicted molar refractivity (Wildman–Crippen MR) is 134 cm³/mol. The van der Waals surface area contributed by atoms with Crippen molar-refractivity contribution >= 4 is 23.5 Å². The monoisotopic (exact) mass is 556 g/mol. The molecule has 4 rings (SSSR count). The number of amides is 1. The first kappa shape index (κ1) is 27.9. The molecule has 2 aliphatic heterocycles. The standard InChI is InChI=1S/C26H26F6N4OS/c1-15-11-25(28,29)14-36(20(15)13-34-21-6-4-3-5-18(12-33-21)26(30,31)32)24(37)22-23(38-16(2)35-22)17-7-9-19(27)10-8-17/h5-10,12,15,20,34H,3-4,11,13-14H2,1-2H3/b18-5-,21-6+,33-12-/t15-,20?/m1/s1. The second-order valence-electron chi connectivity index (χ2n) is 9.42. The topological polar surface area (TPSA) is 57.6 Å². The molecule has 1 aromatic heterocycles. The number of likely N-dealkylation sites (tertiary alicyclic amines) is 1. The van der Waals surface area contributed by atoms with Crippen molar-refractivity contribution in [2.24, 2.45) is 10.9 Å². The number of nitrogens with one attached hydrogen (secondary N) is 1. The van der Waals surface area contributed by atoms with Crippen molar-refractivity contribution < 1.29 is 31.1 Å². The van der Waals surface area contributed by atoms with Crippen LogP contribution in [0.2, 0.25) is 0 Å². The maximum atomic E-state index is 14.7. The zero-order chi connectivity index (χ0) is 27.7. The Morgan fingerprint density at radius 1 is 1.18 bits per heavy atom. The van der Waals surface area contributed by atoms with Gasteiger partial charge in [-0.3, -0.25) is 4.79 Å². The number of aliphatic imine (C=N–C) groups is 1. The van der Waals surface area contributed by atoms with E-state index >= 15 is 0 Å². The van der Waals surface area contributed by atoms with Crippen molar-refractivity contribution in [2.45, 2.75) is 51.3 Å². The van der Waals surface area contributed by atoms with Crippen LogP contribution in [-0.4, -0.2) is 53.2 Å². The van der Waals surface area contributed by atoms with Gasteiger partial charge in [-0.05, 0) is 49.5 Å². The molecule has 12 heteroatoms. The van der Waals surface area contributed by atoms with Gasteiger partial charge in [-0.25, -0.2) is 23.1 Å². The largest absolute Gasteiger partial charge is 0.417 e. The Kier molecular flexibility index (Phi) is 8.01. The lowest BCUT2D eigenvalue weighted by atomic mass is 9.88. The van der Waals surface area contributed by atoms with E-state index in [1.54, 1.807) is 19.9 Å². The van der Waals surface area contributed by atoms with Crippen molar-refractivity contribution in [1.29, 1.82) is 0 Å². The first-order chi connectivity index (χ1) is 17.8. The lowest BCUT2D eigenvalue weighted by Gasteiger charge is -2.43. The number of rotatable bonds is 5. The van der Waals surface area contributed by atoms with Crippen molar-refractivity contribution in [3.63, 3.8) is 0 Å². The zero-order valence-electron chi connectivity index (χ0n) is 20.7. The van der Waals surface area contributed by atoms with Crippen LogP contribution in [-0.2, 0) is 0 Å². The van der Waals surface area contributed by atoms with E-state index in [4.69, 9.17) is 0 Å². The summed E-state index contributed by atoms with van der Waals surface area (Å²) >= 11 is 1.20. The van der Waals surface area contributed by atoms with E-state index in [2.05, 4.69) is 15.3 Å². The summed E-state index contributed by atoms with van der Waals surface area (Å²) in [5.41, 5.74) is -0.328. The third-order valence-electron chi connectivity index (χ3n) is 6.41. The fraction of sp³-hybridized carbons (Fsp3) is 0.423. The van der Waals surface area contributed by atoms with Gasteiger partial charge >= 0.3 is 6.18 Å². The second kappa shape index (κ2) is 10.9. The molecule has 3 heterocycles. The summed E-state index contributed by atoms with van der Waals surface area (Å²) in [7, 11) is 0. The molecule has 204 valence electrons. The number of carbonyl (C=O) groups is 1. The van der Waals surface area contributed by atoms with Crippen LogP contribution in [0.4, 0.5) is 26.3 Å². The van der Waals surface area contributed by atoms with Crippen molar-refractivity contribution in [1.82, 2.24) is 15.2 Å². The number of thiazole rings is 1. The number of hydrogen-bond donors (Lipinski definition) is 1. The summed E-state index contributed by atoms with van der Waals surface area (Å²) in [6.45, 7) is 2.47. The first-order valence-electron chi connectivity index (χ1n) is 12.0. The predicted octanol–water partition coefficient (Wildman–Crippen LogP) is 6.53. The van der Waals surface area contributed by atoms with Gasteiger partial charge in [0.15, 0.2) is 0 Å². The van der Waals surface area contributed by atoms with E-state index in [0.717, 1.165) is 17.2 Å². The molecule has 0 bridgehead atoms. The van der Waals surface area contributed by atoms with E-state index in [0.29, 0.717) is 21.9 Å². The number of hydrogen-bond acceptors (Lipinski definition) is 5. The summed E-state index contributed by atoms with van der Waals surface area (Å²) < 4.78 is 82.1. The maximum Gasteiger partial charge on any atom is 0.417 e. The van der Waals surface area contributed by atoms with Crippen molar-refractivity contribution in [2.75, 3.05) is 13.1 Å². The fourth-order valence-electron chi connectivity index (χ4n) is 4.60. The van der Waals surface area contributed by atoms with Gasteiger partial charge in [0.2, 0.25) is 0 Å². The van der Waals surface area contributed by atoms with Crippen LogP contribution in [0.1, 0.15) is 41.7 Å². The molecule has 5 nitrogen and oxygen atoms in total. The molecule has 1 N–H and O–H groups in total.